The van der Waals surface area contributed by atoms with Gasteiger partial charge < -0.3 is 10.2 Å². The average Bonchev–Trinajstić information content (AvgIpc) is 2.56. The Labute approximate surface area is 159 Å². The monoisotopic (exact) mass is 398 g/mol. The first-order valence-corrected chi connectivity index (χ1v) is 8.42. The number of anilines is 1. The Morgan fingerprint density at radius 1 is 1.15 bits per heavy atom. The lowest BCUT2D eigenvalue weighted by molar-refractivity contribution is -0.137. The standard InChI is InChI=1S/C19H18ClF3N2O2/c1-12-5-3-4-6-14(12)10-25(13(2)26)11-18(27)24-17-8-7-15(20)9-16(17)19(21,22)23/h3-9H,10-11H2,1-2H3,(H,24,27). The third kappa shape index (κ3) is 5.72. The number of alkyl halides is 3. The van der Waals surface area contributed by atoms with Crippen LogP contribution in [-0.4, -0.2) is 23.3 Å². The number of halogens is 4. The van der Waals surface area contributed by atoms with Crippen LogP contribution >= 0.6 is 11.6 Å². The van der Waals surface area contributed by atoms with Gasteiger partial charge in [-0.15, -0.1) is 0 Å². The SMILES string of the molecule is CC(=O)N(CC(=O)Nc1ccc(Cl)cc1C(F)(F)F)Cc1ccccc1C. The van der Waals surface area contributed by atoms with Crippen LogP contribution in [0.4, 0.5) is 18.9 Å². The molecule has 0 saturated carbocycles. The first kappa shape index (κ1) is 20.8. The predicted molar refractivity (Wildman–Crippen MR) is 97.4 cm³/mol. The summed E-state index contributed by atoms with van der Waals surface area (Å²) in [6.45, 7) is 2.98. The molecule has 0 bridgehead atoms. The van der Waals surface area contributed by atoms with Gasteiger partial charge in [0.15, 0.2) is 0 Å². The van der Waals surface area contributed by atoms with Gasteiger partial charge in [0.05, 0.1) is 11.3 Å². The van der Waals surface area contributed by atoms with Crippen LogP contribution < -0.4 is 5.32 Å². The van der Waals surface area contributed by atoms with Crippen molar-refractivity contribution in [2.45, 2.75) is 26.6 Å². The number of amides is 2. The van der Waals surface area contributed by atoms with E-state index in [1.165, 1.54) is 17.9 Å². The molecule has 0 fully saturated rings. The number of nitrogens with one attached hydrogen (secondary N) is 1. The topological polar surface area (TPSA) is 49.4 Å². The maximum absolute atomic E-state index is 13.1. The molecule has 0 aliphatic carbocycles. The summed E-state index contributed by atoms with van der Waals surface area (Å²) < 4.78 is 39.4. The zero-order valence-corrected chi connectivity index (χ0v) is 15.5. The summed E-state index contributed by atoms with van der Waals surface area (Å²) in [5, 5.41) is 2.13. The fourth-order valence-electron chi connectivity index (χ4n) is 2.49. The Morgan fingerprint density at radius 3 is 2.41 bits per heavy atom. The number of carbonyl (C=O) groups is 2. The van der Waals surface area contributed by atoms with Crippen molar-refractivity contribution in [2.24, 2.45) is 0 Å². The van der Waals surface area contributed by atoms with E-state index in [0.717, 1.165) is 23.3 Å². The van der Waals surface area contributed by atoms with Gasteiger partial charge in [0.2, 0.25) is 11.8 Å². The minimum atomic E-state index is -4.67. The van der Waals surface area contributed by atoms with E-state index in [0.29, 0.717) is 0 Å². The highest BCUT2D eigenvalue weighted by Gasteiger charge is 2.34. The van der Waals surface area contributed by atoms with Gasteiger partial charge in [-0.2, -0.15) is 13.2 Å². The summed E-state index contributed by atoms with van der Waals surface area (Å²) in [5.74, 6) is -1.09. The van der Waals surface area contributed by atoms with Crippen molar-refractivity contribution < 1.29 is 22.8 Å². The van der Waals surface area contributed by atoms with Crippen LogP contribution in [0.1, 0.15) is 23.6 Å². The lowest BCUT2D eigenvalue weighted by Gasteiger charge is -2.22. The van der Waals surface area contributed by atoms with Gasteiger partial charge in [0.1, 0.15) is 6.54 Å². The Morgan fingerprint density at radius 2 is 1.81 bits per heavy atom. The van der Waals surface area contributed by atoms with Gasteiger partial charge in [-0.1, -0.05) is 35.9 Å². The summed E-state index contributed by atoms with van der Waals surface area (Å²) in [7, 11) is 0. The zero-order chi connectivity index (χ0) is 20.2. The van der Waals surface area contributed by atoms with Crippen LogP contribution in [0, 0.1) is 6.92 Å². The maximum Gasteiger partial charge on any atom is 0.418 e. The fourth-order valence-corrected chi connectivity index (χ4v) is 2.67. The molecular formula is C19H18ClF3N2O2. The lowest BCUT2D eigenvalue weighted by Crippen LogP contribution is -2.36. The van der Waals surface area contributed by atoms with Gasteiger partial charge in [-0.05, 0) is 36.2 Å². The number of aryl methyl sites for hydroxylation is 1. The van der Waals surface area contributed by atoms with E-state index in [9.17, 15) is 22.8 Å². The predicted octanol–water partition coefficient (Wildman–Crippen LogP) is 4.65. The third-order valence-electron chi connectivity index (χ3n) is 3.96. The largest absolute Gasteiger partial charge is 0.418 e. The van der Waals surface area contributed by atoms with Gasteiger partial charge >= 0.3 is 6.18 Å². The van der Waals surface area contributed by atoms with Crippen molar-refractivity contribution in [3.63, 3.8) is 0 Å². The van der Waals surface area contributed by atoms with Gasteiger partial charge in [-0.3, -0.25) is 9.59 Å². The van der Waals surface area contributed by atoms with Crippen molar-refractivity contribution in [1.82, 2.24) is 4.90 Å². The molecule has 0 radical (unpaired) electrons. The van der Waals surface area contributed by atoms with Crippen molar-refractivity contribution in [3.05, 3.63) is 64.2 Å². The molecule has 8 heteroatoms. The van der Waals surface area contributed by atoms with E-state index in [-0.39, 0.29) is 24.0 Å². The van der Waals surface area contributed by atoms with Crippen LogP contribution in [0.25, 0.3) is 0 Å². The van der Waals surface area contributed by atoms with Crippen molar-refractivity contribution in [2.75, 3.05) is 11.9 Å². The van der Waals surface area contributed by atoms with Gasteiger partial charge in [0.25, 0.3) is 0 Å². The number of hydrogen-bond acceptors (Lipinski definition) is 2. The average molecular weight is 399 g/mol. The van der Waals surface area contributed by atoms with E-state index in [2.05, 4.69) is 5.32 Å². The highest BCUT2D eigenvalue weighted by Crippen LogP contribution is 2.36. The molecule has 2 aromatic carbocycles. The maximum atomic E-state index is 13.1. The van der Waals surface area contributed by atoms with Crippen LogP contribution in [0.2, 0.25) is 5.02 Å². The van der Waals surface area contributed by atoms with Crippen LogP contribution in [0.3, 0.4) is 0 Å². The molecular weight excluding hydrogens is 381 g/mol. The van der Waals surface area contributed by atoms with Crippen molar-refractivity contribution in [1.29, 1.82) is 0 Å². The van der Waals surface area contributed by atoms with Crippen LogP contribution in [0.5, 0.6) is 0 Å². The molecule has 0 spiro atoms. The molecule has 2 amide bonds. The lowest BCUT2D eigenvalue weighted by atomic mass is 10.1. The second-order valence-corrected chi connectivity index (χ2v) is 6.47. The molecule has 0 aliphatic rings. The summed E-state index contributed by atoms with van der Waals surface area (Å²) in [4.78, 5) is 25.4. The van der Waals surface area contributed by atoms with Crippen LogP contribution in [0.15, 0.2) is 42.5 Å². The molecule has 0 aliphatic heterocycles. The molecule has 4 nitrogen and oxygen atoms in total. The molecule has 0 unspecified atom stereocenters. The Kier molecular flexibility index (Phi) is 6.49. The number of benzene rings is 2. The van der Waals surface area contributed by atoms with Crippen molar-refractivity contribution >= 4 is 29.1 Å². The second-order valence-electron chi connectivity index (χ2n) is 6.04. The number of hydrogen-bond donors (Lipinski definition) is 1. The molecule has 1 N–H and O–H groups in total. The van der Waals surface area contributed by atoms with E-state index >= 15 is 0 Å². The third-order valence-corrected chi connectivity index (χ3v) is 4.20. The minimum absolute atomic E-state index is 0.0924. The summed E-state index contributed by atoms with van der Waals surface area (Å²) in [6.07, 6.45) is -4.67. The molecule has 0 heterocycles. The minimum Gasteiger partial charge on any atom is -0.329 e. The van der Waals surface area contributed by atoms with E-state index in [4.69, 9.17) is 11.6 Å². The van der Waals surface area contributed by atoms with Gasteiger partial charge in [-0.25, -0.2) is 0 Å². The van der Waals surface area contributed by atoms with E-state index in [1.54, 1.807) is 0 Å². The highest BCUT2D eigenvalue weighted by molar-refractivity contribution is 6.30. The molecule has 2 rings (SSSR count). The summed E-state index contributed by atoms with van der Waals surface area (Å²) in [5.41, 5.74) is 0.345. The summed E-state index contributed by atoms with van der Waals surface area (Å²) >= 11 is 5.62. The normalized spacial score (nSPS) is 11.2. The number of nitrogens with zero attached hydrogens (tertiary/aromatic N) is 1. The van der Waals surface area contributed by atoms with E-state index in [1.807, 2.05) is 31.2 Å². The van der Waals surface area contributed by atoms with Crippen molar-refractivity contribution in [3.8, 4) is 0 Å². The first-order valence-electron chi connectivity index (χ1n) is 8.04. The number of carbonyl (C=O) groups excluding carboxylic acids is 2. The molecule has 144 valence electrons. The molecule has 0 aromatic heterocycles. The van der Waals surface area contributed by atoms with Crippen LogP contribution in [-0.2, 0) is 22.3 Å². The quantitative estimate of drug-likeness (QED) is 0.796. The molecule has 0 atom stereocenters. The molecule has 0 saturated heterocycles. The second kappa shape index (κ2) is 8.43. The smallest absolute Gasteiger partial charge is 0.329 e. The molecule has 2 aromatic rings. The Balaban J connectivity index is 2.16. The number of rotatable bonds is 5. The Bertz CT molecular complexity index is 853. The summed E-state index contributed by atoms with van der Waals surface area (Å²) in [6, 6.07) is 10.4. The fraction of sp³-hybridized carbons (Fsp3) is 0.263. The van der Waals surface area contributed by atoms with E-state index < -0.39 is 23.3 Å². The highest BCUT2D eigenvalue weighted by atomic mass is 35.5. The zero-order valence-electron chi connectivity index (χ0n) is 14.7. The van der Waals surface area contributed by atoms with Gasteiger partial charge in [0, 0.05) is 18.5 Å². The Hall–Kier alpha value is -2.54. The first-order chi connectivity index (χ1) is 12.6. The molecule has 27 heavy (non-hydrogen) atoms.